The summed E-state index contributed by atoms with van der Waals surface area (Å²) in [6.45, 7) is 10.6. The van der Waals surface area contributed by atoms with Crippen LogP contribution in [-0.4, -0.2) is 23.4 Å². The Hall–Kier alpha value is -1.30. The Morgan fingerprint density at radius 1 is 1.47 bits per heavy atom. The van der Waals surface area contributed by atoms with Gasteiger partial charge in [-0.15, -0.1) is 0 Å². The van der Waals surface area contributed by atoms with Crippen LogP contribution in [0.25, 0.3) is 0 Å². The Morgan fingerprint density at radius 3 is 2.59 bits per heavy atom. The van der Waals surface area contributed by atoms with Crippen LogP contribution in [0, 0.1) is 23.7 Å². The van der Waals surface area contributed by atoms with E-state index in [1.54, 1.807) is 11.0 Å². The van der Waals surface area contributed by atoms with Gasteiger partial charge in [0.1, 0.15) is 11.6 Å². The Balaban J connectivity index is 2.87. The van der Waals surface area contributed by atoms with Crippen LogP contribution in [0.5, 0.6) is 0 Å². The second kappa shape index (κ2) is 5.35. The van der Waals surface area contributed by atoms with Gasteiger partial charge in [-0.05, 0) is 31.6 Å². The average Bonchev–Trinajstić information content (AvgIpc) is 2.24. The topological polar surface area (TPSA) is 44.1 Å². The largest absolute Gasteiger partial charge is 0.335 e. The first-order chi connectivity index (χ1) is 7.85. The highest BCUT2D eigenvalue weighted by molar-refractivity contribution is 5.97. The van der Waals surface area contributed by atoms with Gasteiger partial charge in [0, 0.05) is 12.6 Å². The maximum absolute atomic E-state index is 12.2. The molecular weight excluding hydrogens is 212 g/mol. The van der Waals surface area contributed by atoms with E-state index < -0.39 is 0 Å². The molecule has 0 aromatic heterocycles. The summed E-state index contributed by atoms with van der Waals surface area (Å²) in [4.78, 5) is 13.9. The molecule has 3 heteroatoms. The summed E-state index contributed by atoms with van der Waals surface area (Å²) in [5.74, 6) is -0.165. The fraction of sp³-hybridized carbons (Fsp3) is 0.643. The molecule has 1 radical (unpaired) electrons. The van der Waals surface area contributed by atoms with Gasteiger partial charge in [-0.1, -0.05) is 26.8 Å². The van der Waals surface area contributed by atoms with Crippen molar-refractivity contribution in [1.29, 1.82) is 5.26 Å². The summed E-state index contributed by atoms with van der Waals surface area (Å²) in [5, 5.41) is 9.09. The molecule has 93 valence electrons. The normalized spacial score (nSPS) is 22.2. The van der Waals surface area contributed by atoms with E-state index in [1.165, 1.54) is 0 Å². The van der Waals surface area contributed by atoms with Crippen molar-refractivity contribution in [2.24, 2.45) is 5.41 Å². The average molecular weight is 233 g/mol. The van der Waals surface area contributed by atoms with Gasteiger partial charge >= 0.3 is 0 Å². The number of hydrogen-bond donors (Lipinski definition) is 0. The van der Waals surface area contributed by atoms with Crippen molar-refractivity contribution in [3.8, 4) is 6.07 Å². The Labute approximate surface area is 104 Å². The third-order valence-electron chi connectivity index (χ3n) is 2.82. The third-order valence-corrected chi connectivity index (χ3v) is 2.82. The molecule has 1 fully saturated rings. The zero-order valence-electron chi connectivity index (χ0n) is 11.0. The zero-order chi connectivity index (χ0) is 13.1. The molecule has 1 atom stereocenters. The third kappa shape index (κ3) is 3.89. The number of amides is 1. The van der Waals surface area contributed by atoms with Gasteiger partial charge in [-0.3, -0.25) is 4.79 Å². The minimum Gasteiger partial charge on any atom is -0.335 e. The summed E-state index contributed by atoms with van der Waals surface area (Å²) in [6.07, 6.45) is 4.80. The van der Waals surface area contributed by atoms with E-state index in [0.29, 0.717) is 0 Å². The predicted molar refractivity (Wildman–Crippen MR) is 67.9 cm³/mol. The van der Waals surface area contributed by atoms with Crippen LogP contribution < -0.4 is 0 Å². The Bertz CT molecular complexity index is 357. The van der Waals surface area contributed by atoms with Gasteiger partial charge in [0.25, 0.3) is 5.91 Å². The number of allylic oxidation sites excluding steroid dienone is 1. The second-order valence-corrected chi connectivity index (χ2v) is 5.68. The fourth-order valence-corrected chi connectivity index (χ4v) is 2.00. The van der Waals surface area contributed by atoms with Gasteiger partial charge in [0.05, 0.1) is 0 Å². The van der Waals surface area contributed by atoms with Gasteiger partial charge in [0.15, 0.2) is 0 Å². The molecule has 0 aromatic rings. The lowest BCUT2D eigenvalue weighted by Crippen LogP contribution is -2.42. The van der Waals surface area contributed by atoms with E-state index in [1.807, 2.05) is 26.8 Å². The van der Waals surface area contributed by atoms with Crippen molar-refractivity contribution in [3.63, 3.8) is 0 Å². The Morgan fingerprint density at radius 2 is 2.12 bits per heavy atom. The molecule has 1 rings (SSSR count). The van der Waals surface area contributed by atoms with E-state index in [4.69, 9.17) is 5.26 Å². The maximum Gasteiger partial charge on any atom is 0.264 e. The molecule has 1 amide bonds. The molecule has 0 unspecified atom stereocenters. The van der Waals surface area contributed by atoms with Crippen LogP contribution in [0.4, 0.5) is 0 Å². The lowest BCUT2D eigenvalue weighted by molar-refractivity contribution is -0.129. The highest BCUT2D eigenvalue weighted by Crippen LogP contribution is 2.22. The SMILES string of the molecule is [CH2][C@@H]1CCCCN1C(=O)/C(C#N)=C/C(C)(C)C. The van der Waals surface area contributed by atoms with E-state index >= 15 is 0 Å². The van der Waals surface area contributed by atoms with Gasteiger partial charge in [-0.25, -0.2) is 0 Å². The van der Waals surface area contributed by atoms with Crippen molar-refractivity contribution in [3.05, 3.63) is 18.6 Å². The van der Waals surface area contributed by atoms with Crippen LogP contribution in [0.1, 0.15) is 40.0 Å². The quantitative estimate of drug-likeness (QED) is 0.516. The maximum atomic E-state index is 12.2. The van der Waals surface area contributed by atoms with Crippen molar-refractivity contribution < 1.29 is 4.79 Å². The van der Waals surface area contributed by atoms with Crippen LogP contribution in [0.15, 0.2) is 11.6 Å². The molecule has 17 heavy (non-hydrogen) atoms. The smallest absolute Gasteiger partial charge is 0.264 e. The highest BCUT2D eigenvalue weighted by atomic mass is 16.2. The predicted octanol–water partition coefficient (Wildman–Crippen LogP) is 2.70. The number of likely N-dealkylation sites (tertiary alicyclic amines) is 1. The number of nitriles is 1. The van der Waals surface area contributed by atoms with E-state index in [2.05, 4.69) is 6.92 Å². The first kappa shape index (κ1) is 13.8. The minimum atomic E-state index is -0.165. The first-order valence-corrected chi connectivity index (χ1v) is 6.12. The summed E-state index contributed by atoms with van der Waals surface area (Å²) in [7, 11) is 0. The van der Waals surface area contributed by atoms with E-state index in [9.17, 15) is 4.79 Å². The molecule has 1 saturated heterocycles. The van der Waals surface area contributed by atoms with E-state index in [0.717, 1.165) is 25.8 Å². The van der Waals surface area contributed by atoms with Crippen LogP contribution in [0.3, 0.4) is 0 Å². The number of piperidine rings is 1. The summed E-state index contributed by atoms with van der Waals surface area (Å²) in [6, 6.07) is 2.03. The fourth-order valence-electron chi connectivity index (χ4n) is 2.00. The lowest BCUT2D eigenvalue weighted by atomic mass is 9.93. The monoisotopic (exact) mass is 233 g/mol. The van der Waals surface area contributed by atoms with Crippen LogP contribution in [-0.2, 0) is 4.79 Å². The van der Waals surface area contributed by atoms with Crippen molar-refractivity contribution in [1.82, 2.24) is 4.90 Å². The highest BCUT2D eigenvalue weighted by Gasteiger charge is 2.26. The van der Waals surface area contributed by atoms with Crippen LogP contribution >= 0.6 is 0 Å². The minimum absolute atomic E-state index is 0.00738. The number of rotatable bonds is 1. The van der Waals surface area contributed by atoms with Gasteiger partial charge in [0.2, 0.25) is 0 Å². The Kier molecular flexibility index (Phi) is 4.34. The number of carbonyl (C=O) groups excluding carboxylic acids is 1. The van der Waals surface area contributed by atoms with Gasteiger partial charge < -0.3 is 4.90 Å². The molecule has 3 nitrogen and oxygen atoms in total. The number of nitrogens with zero attached hydrogens (tertiary/aromatic N) is 2. The lowest BCUT2D eigenvalue weighted by Gasteiger charge is -2.33. The molecule has 1 heterocycles. The standard InChI is InChI=1S/C14H21N2O/c1-11-7-5-6-8-16(11)13(17)12(10-15)9-14(2,3)4/h9,11H,1,5-8H2,2-4H3/b12-9+/t11-/m1/s1. The zero-order valence-corrected chi connectivity index (χ0v) is 11.0. The molecule has 0 aromatic carbocycles. The van der Waals surface area contributed by atoms with Gasteiger partial charge in [-0.2, -0.15) is 5.26 Å². The second-order valence-electron chi connectivity index (χ2n) is 5.68. The van der Waals surface area contributed by atoms with Crippen molar-refractivity contribution in [2.45, 2.75) is 46.1 Å². The summed E-state index contributed by atoms with van der Waals surface area (Å²) in [5.41, 5.74) is 0.0840. The molecular formula is C14H21N2O. The molecule has 1 aliphatic heterocycles. The summed E-state index contributed by atoms with van der Waals surface area (Å²) < 4.78 is 0. The number of carbonyl (C=O) groups is 1. The number of hydrogen-bond acceptors (Lipinski definition) is 2. The first-order valence-electron chi connectivity index (χ1n) is 6.12. The molecule has 1 aliphatic rings. The summed E-state index contributed by atoms with van der Waals surface area (Å²) >= 11 is 0. The molecule has 0 N–H and O–H groups in total. The van der Waals surface area contributed by atoms with E-state index in [-0.39, 0.29) is 22.9 Å². The van der Waals surface area contributed by atoms with Crippen molar-refractivity contribution >= 4 is 5.91 Å². The molecule has 0 spiro atoms. The molecule has 0 saturated carbocycles. The molecule has 0 aliphatic carbocycles. The molecule has 0 bridgehead atoms. The van der Waals surface area contributed by atoms with Crippen LogP contribution in [0.2, 0.25) is 0 Å². The van der Waals surface area contributed by atoms with Crippen molar-refractivity contribution in [2.75, 3.05) is 6.54 Å².